The molecule has 2 unspecified atom stereocenters. The van der Waals surface area contributed by atoms with Gasteiger partial charge in [-0.15, -0.1) is 0 Å². The molecule has 0 aliphatic heterocycles. The van der Waals surface area contributed by atoms with E-state index in [4.69, 9.17) is 24.7 Å². The lowest BCUT2D eigenvalue weighted by Gasteiger charge is -2.26. The van der Waals surface area contributed by atoms with Gasteiger partial charge in [-0.2, -0.15) is 0 Å². The Balaban J connectivity index is 2.05. The third-order valence-corrected chi connectivity index (χ3v) is 7.42. The van der Waals surface area contributed by atoms with Gasteiger partial charge in [0.05, 0.1) is 17.8 Å². The molecule has 1 aliphatic rings. The van der Waals surface area contributed by atoms with Crippen LogP contribution in [0.4, 0.5) is 0 Å². The molecule has 0 radical (unpaired) electrons. The van der Waals surface area contributed by atoms with Crippen molar-refractivity contribution in [2.24, 2.45) is 23.5 Å². The summed E-state index contributed by atoms with van der Waals surface area (Å²) in [6, 6.07) is 3.72. The Kier molecular flexibility index (Phi) is 12.9. The van der Waals surface area contributed by atoms with Crippen molar-refractivity contribution in [3.8, 4) is 11.5 Å². The molecule has 9 heteroatoms. The molecule has 1 aromatic carbocycles. The fourth-order valence-corrected chi connectivity index (χ4v) is 4.01. The second kappa shape index (κ2) is 15.6. The number of nitrogens with two attached hydrogens (primary N) is 1. The molecular formula is C30H45NO8. The summed E-state index contributed by atoms with van der Waals surface area (Å²) < 4.78 is 22.1. The monoisotopic (exact) mass is 547 g/mol. The van der Waals surface area contributed by atoms with Crippen molar-refractivity contribution in [1.29, 1.82) is 0 Å². The molecule has 1 aromatic rings. The number of carbonyl (C=O) groups excluding carboxylic acids is 4. The Hall–Kier alpha value is -2.94. The number of hydrogen-bond donors (Lipinski definition) is 1. The van der Waals surface area contributed by atoms with Gasteiger partial charge in [-0.3, -0.25) is 19.2 Å². The average Bonchev–Trinajstić information content (AvgIpc) is 2.93. The van der Waals surface area contributed by atoms with Gasteiger partial charge in [-0.05, 0) is 63.6 Å². The average molecular weight is 548 g/mol. The highest BCUT2D eigenvalue weighted by Crippen LogP contribution is 2.31. The predicted molar refractivity (Wildman–Crippen MR) is 146 cm³/mol. The van der Waals surface area contributed by atoms with E-state index in [-0.39, 0.29) is 41.6 Å². The summed E-state index contributed by atoms with van der Waals surface area (Å²) in [6.07, 6.45) is 4.84. The smallest absolute Gasteiger partial charge is 0.323 e. The number of ether oxygens (including phenoxy) is 4. The lowest BCUT2D eigenvalue weighted by molar-refractivity contribution is -0.169. The van der Waals surface area contributed by atoms with Crippen LogP contribution in [0.2, 0.25) is 0 Å². The van der Waals surface area contributed by atoms with Crippen molar-refractivity contribution < 1.29 is 38.1 Å². The van der Waals surface area contributed by atoms with E-state index >= 15 is 0 Å². The molecule has 1 saturated carbocycles. The first-order valence-corrected chi connectivity index (χ1v) is 14.2. The summed E-state index contributed by atoms with van der Waals surface area (Å²) in [4.78, 5) is 50.0. The molecular weight excluding hydrogens is 502 g/mol. The fraction of sp³-hybridized carbons (Fsp3) is 0.667. The summed E-state index contributed by atoms with van der Waals surface area (Å²) in [5, 5.41) is 0. The molecule has 1 aliphatic carbocycles. The van der Waals surface area contributed by atoms with Crippen LogP contribution in [-0.2, 0) is 35.1 Å². The molecule has 0 amide bonds. The molecule has 2 N–H and O–H groups in total. The van der Waals surface area contributed by atoms with Crippen LogP contribution in [0.5, 0.6) is 11.5 Å². The van der Waals surface area contributed by atoms with Gasteiger partial charge in [-0.25, -0.2) is 0 Å². The minimum atomic E-state index is -1.01. The van der Waals surface area contributed by atoms with Gasteiger partial charge in [0.1, 0.15) is 18.2 Å². The van der Waals surface area contributed by atoms with Crippen molar-refractivity contribution in [3.05, 3.63) is 23.8 Å². The molecule has 218 valence electrons. The third-order valence-electron chi connectivity index (χ3n) is 7.42. The van der Waals surface area contributed by atoms with Gasteiger partial charge in [0, 0.05) is 0 Å². The number of benzene rings is 1. The summed E-state index contributed by atoms with van der Waals surface area (Å²) in [7, 11) is 0. The number of hydrogen-bond acceptors (Lipinski definition) is 9. The van der Waals surface area contributed by atoms with Crippen molar-refractivity contribution in [2.75, 3.05) is 0 Å². The fourth-order valence-electron chi connectivity index (χ4n) is 4.01. The molecule has 2 rings (SSSR count). The van der Waals surface area contributed by atoms with E-state index < -0.39 is 36.2 Å². The molecule has 39 heavy (non-hydrogen) atoms. The summed E-state index contributed by atoms with van der Waals surface area (Å²) in [5.74, 6) is -2.33. The van der Waals surface area contributed by atoms with E-state index in [1.165, 1.54) is 6.07 Å². The number of rotatable bonds is 13. The number of carbonyl (C=O) groups is 4. The first-order valence-electron chi connectivity index (χ1n) is 14.2. The Morgan fingerprint density at radius 2 is 1.33 bits per heavy atom. The van der Waals surface area contributed by atoms with Crippen LogP contribution < -0.4 is 15.2 Å². The van der Waals surface area contributed by atoms with Crippen molar-refractivity contribution >= 4 is 23.9 Å². The standard InChI is InChI=1S/C30H45NO8/c1-7-18(3)27(32)38-25-15-14-22(17-26(25)39-28(33)19(4)8-2)16-24(31)30(35)37-21(6)20(5)36-29(34)23-12-10-9-11-13-23/h14-15,17-21,23-24H,7-13,16,31H2,1-6H3/t18?,19?,20-,21-,24-/m0/s1. The maximum absolute atomic E-state index is 12.7. The zero-order valence-electron chi connectivity index (χ0n) is 24.2. The van der Waals surface area contributed by atoms with Crippen LogP contribution in [0, 0.1) is 17.8 Å². The van der Waals surface area contributed by atoms with Crippen LogP contribution in [0.3, 0.4) is 0 Å². The maximum Gasteiger partial charge on any atom is 0.323 e. The molecule has 5 atom stereocenters. The number of esters is 4. The summed E-state index contributed by atoms with van der Waals surface area (Å²) >= 11 is 0. The minimum absolute atomic E-state index is 0.0895. The molecule has 0 aromatic heterocycles. The maximum atomic E-state index is 12.7. The SMILES string of the molecule is CCC(C)C(=O)Oc1ccc(C[C@H](N)C(=O)O[C@@H](C)[C@H](C)OC(=O)C2CCCCC2)cc1OC(=O)C(C)CC. The zero-order chi connectivity index (χ0) is 29.1. The Morgan fingerprint density at radius 3 is 1.90 bits per heavy atom. The molecule has 0 spiro atoms. The second-order valence-corrected chi connectivity index (χ2v) is 10.7. The molecule has 0 saturated heterocycles. The van der Waals surface area contributed by atoms with E-state index in [2.05, 4.69) is 0 Å². The van der Waals surface area contributed by atoms with Crippen molar-refractivity contribution in [2.45, 2.75) is 111 Å². The minimum Gasteiger partial charge on any atom is -0.459 e. The second-order valence-electron chi connectivity index (χ2n) is 10.7. The van der Waals surface area contributed by atoms with Crippen LogP contribution in [0.25, 0.3) is 0 Å². The van der Waals surface area contributed by atoms with Gasteiger partial charge in [0.15, 0.2) is 11.5 Å². The summed E-state index contributed by atoms with van der Waals surface area (Å²) in [5.41, 5.74) is 6.73. The lowest BCUT2D eigenvalue weighted by atomic mass is 9.89. The van der Waals surface area contributed by atoms with Gasteiger partial charge in [0.25, 0.3) is 0 Å². The van der Waals surface area contributed by atoms with Crippen LogP contribution in [0.15, 0.2) is 18.2 Å². The largest absolute Gasteiger partial charge is 0.459 e. The molecule has 0 bridgehead atoms. The Labute approximate surface area is 232 Å². The van der Waals surface area contributed by atoms with Gasteiger partial charge in [0.2, 0.25) is 0 Å². The van der Waals surface area contributed by atoms with Gasteiger partial charge < -0.3 is 24.7 Å². The quantitative estimate of drug-likeness (QED) is 0.270. The zero-order valence-corrected chi connectivity index (χ0v) is 24.2. The van der Waals surface area contributed by atoms with E-state index in [0.29, 0.717) is 18.4 Å². The topological polar surface area (TPSA) is 131 Å². The predicted octanol–water partition coefficient (Wildman–Crippen LogP) is 4.90. The van der Waals surface area contributed by atoms with Crippen LogP contribution >= 0.6 is 0 Å². The van der Waals surface area contributed by atoms with Gasteiger partial charge >= 0.3 is 23.9 Å². The van der Waals surface area contributed by atoms with Crippen molar-refractivity contribution in [1.82, 2.24) is 0 Å². The van der Waals surface area contributed by atoms with Gasteiger partial charge in [-0.1, -0.05) is 53.0 Å². The highest BCUT2D eigenvalue weighted by Gasteiger charge is 2.29. The normalized spacial score (nSPS) is 17.7. The highest BCUT2D eigenvalue weighted by molar-refractivity contribution is 5.79. The van der Waals surface area contributed by atoms with E-state index in [0.717, 1.165) is 32.1 Å². The lowest BCUT2D eigenvalue weighted by Crippen LogP contribution is -2.40. The molecule has 1 fully saturated rings. The Bertz CT molecular complexity index is 987. The van der Waals surface area contributed by atoms with E-state index in [1.54, 1.807) is 39.8 Å². The van der Waals surface area contributed by atoms with Crippen LogP contribution in [-0.4, -0.2) is 42.1 Å². The first kappa shape index (κ1) is 32.3. The van der Waals surface area contributed by atoms with E-state index in [9.17, 15) is 19.2 Å². The van der Waals surface area contributed by atoms with Crippen molar-refractivity contribution in [3.63, 3.8) is 0 Å². The molecule has 0 heterocycles. The van der Waals surface area contributed by atoms with Crippen LogP contribution in [0.1, 0.15) is 92.1 Å². The van der Waals surface area contributed by atoms with E-state index in [1.807, 2.05) is 13.8 Å². The third kappa shape index (κ3) is 9.95. The summed E-state index contributed by atoms with van der Waals surface area (Å²) in [6.45, 7) is 10.6. The Morgan fingerprint density at radius 1 is 0.795 bits per heavy atom. The molecule has 9 nitrogen and oxygen atoms in total. The highest BCUT2D eigenvalue weighted by atomic mass is 16.6. The first-order chi connectivity index (χ1) is 18.5.